The molecule has 0 heterocycles. The Morgan fingerprint density at radius 2 is 1.76 bits per heavy atom. The second-order valence-corrected chi connectivity index (χ2v) is 10.2. The summed E-state index contributed by atoms with van der Waals surface area (Å²) in [5.41, 5.74) is 0.661. The van der Waals surface area contributed by atoms with Crippen molar-refractivity contribution in [1.29, 1.82) is 0 Å². The van der Waals surface area contributed by atoms with E-state index in [1.807, 2.05) is 27.7 Å². The molecule has 0 unspecified atom stereocenters. The van der Waals surface area contributed by atoms with Crippen LogP contribution < -0.4 is 10.1 Å². The van der Waals surface area contributed by atoms with E-state index in [0.717, 1.165) is 0 Å². The number of sulfonamides is 1. The van der Waals surface area contributed by atoms with Crippen LogP contribution >= 0.6 is 11.6 Å². The third kappa shape index (κ3) is 6.19. The second kappa shape index (κ2) is 9.15. The van der Waals surface area contributed by atoms with E-state index < -0.39 is 10.0 Å². The van der Waals surface area contributed by atoms with Crippen LogP contribution in [-0.2, 0) is 16.6 Å². The van der Waals surface area contributed by atoms with Crippen LogP contribution in [0.5, 0.6) is 5.75 Å². The quantitative estimate of drug-likeness (QED) is 0.706. The summed E-state index contributed by atoms with van der Waals surface area (Å²) < 4.78 is 32.6. The number of hydrogen-bond acceptors (Lipinski definition) is 4. The lowest BCUT2D eigenvalue weighted by Gasteiger charge is -2.22. The lowest BCUT2D eigenvalue weighted by Crippen LogP contribution is -2.40. The first-order valence-corrected chi connectivity index (χ1v) is 11.1. The third-order valence-corrected chi connectivity index (χ3v) is 6.10. The Morgan fingerprint density at radius 3 is 2.31 bits per heavy atom. The van der Waals surface area contributed by atoms with Crippen molar-refractivity contribution in [3.63, 3.8) is 0 Å². The number of nitrogens with one attached hydrogen (secondary N) is 1. The molecule has 0 fully saturated rings. The van der Waals surface area contributed by atoms with E-state index in [1.54, 1.807) is 18.2 Å². The average Bonchev–Trinajstić information content (AvgIpc) is 2.62. The van der Waals surface area contributed by atoms with Gasteiger partial charge in [-0.3, -0.25) is 4.79 Å². The van der Waals surface area contributed by atoms with Crippen molar-refractivity contribution in [2.24, 2.45) is 0 Å². The predicted octanol–water partition coefficient (Wildman–Crippen LogP) is 4.09. The summed E-state index contributed by atoms with van der Waals surface area (Å²) in [5, 5.41) is 3.37. The third-order valence-electron chi connectivity index (χ3n) is 4.03. The highest BCUT2D eigenvalue weighted by Gasteiger charge is 2.23. The van der Waals surface area contributed by atoms with Crippen LogP contribution in [0.1, 0.15) is 43.6 Å². The maximum absolute atomic E-state index is 12.9. The topological polar surface area (TPSA) is 75.7 Å². The van der Waals surface area contributed by atoms with E-state index in [1.165, 1.54) is 35.6 Å². The zero-order valence-electron chi connectivity index (χ0n) is 17.3. The van der Waals surface area contributed by atoms with Gasteiger partial charge in [-0.15, -0.1) is 0 Å². The minimum Gasteiger partial charge on any atom is -0.494 e. The van der Waals surface area contributed by atoms with Crippen molar-refractivity contribution in [3.05, 3.63) is 58.6 Å². The Labute approximate surface area is 177 Å². The minimum atomic E-state index is -3.73. The number of hydrogen-bond donors (Lipinski definition) is 1. The lowest BCUT2D eigenvalue weighted by molar-refractivity contribution is 0.0919. The molecule has 8 heteroatoms. The van der Waals surface area contributed by atoms with Crippen LogP contribution in [0.3, 0.4) is 0 Å². The zero-order chi connectivity index (χ0) is 21.8. The summed E-state index contributed by atoms with van der Waals surface area (Å²) in [6, 6.07) is 11.0. The predicted molar refractivity (Wildman–Crippen MR) is 115 cm³/mol. The van der Waals surface area contributed by atoms with Gasteiger partial charge in [-0.2, -0.15) is 4.31 Å². The molecule has 1 N–H and O–H groups in total. The summed E-state index contributed by atoms with van der Waals surface area (Å²) in [6.07, 6.45) is 0. The van der Waals surface area contributed by atoms with Gasteiger partial charge in [0.2, 0.25) is 10.0 Å². The largest absolute Gasteiger partial charge is 0.494 e. The summed E-state index contributed by atoms with van der Waals surface area (Å²) in [7, 11) is -2.24. The molecule has 0 saturated carbocycles. The second-order valence-electron chi connectivity index (χ2n) is 7.67. The molecule has 0 aromatic heterocycles. The monoisotopic (exact) mass is 438 g/mol. The van der Waals surface area contributed by atoms with Crippen molar-refractivity contribution >= 4 is 27.5 Å². The molecule has 2 aromatic carbocycles. The fourth-order valence-electron chi connectivity index (χ4n) is 2.66. The highest BCUT2D eigenvalue weighted by Crippen LogP contribution is 2.25. The van der Waals surface area contributed by atoms with Gasteiger partial charge < -0.3 is 10.1 Å². The molecule has 158 valence electrons. The number of halogens is 1. The van der Waals surface area contributed by atoms with E-state index >= 15 is 0 Å². The summed E-state index contributed by atoms with van der Waals surface area (Å²) in [4.78, 5) is 12.7. The van der Waals surface area contributed by atoms with Gasteiger partial charge in [-0.05, 0) is 70.2 Å². The van der Waals surface area contributed by atoms with Crippen LogP contribution in [0.4, 0.5) is 0 Å². The maximum Gasteiger partial charge on any atom is 0.251 e. The summed E-state index contributed by atoms with van der Waals surface area (Å²) >= 11 is 5.86. The molecular formula is C21H27ClN2O4S. The van der Waals surface area contributed by atoms with Crippen molar-refractivity contribution in [1.82, 2.24) is 9.62 Å². The van der Waals surface area contributed by atoms with Crippen LogP contribution in [0.2, 0.25) is 5.02 Å². The van der Waals surface area contributed by atoms with Crippen molar-refractivity contribution in [2.45, 2.75) is 44.7 Å². The van der Waals surface area contributed by atoms with Gasteiger partial charge in [0.15, 0.2) is 0 Å². The molecule has 29 heavy (non-hydrogen) atoms. The molecule has 1 amide bonds. The van der Waals surface area contributed by atoms with Crippen LogP contribution in [0.15, 0.2) is 47.4 Å². The van der Waals surface area contributed by atoms with E-state index in [2.05, 4.69) is 5.32 Å². The molecule has 2 aromatic rings. The normalized spacial score (nSPS) is 12.1. The number of carbonyl (C=O) groups excluding carboxylic acids is 1. The van der Waals surface area contributed by atoms with Gasteiger partial charge in [-0.25, -0.2) is 8.42 Å². The van der Waals surface area contributed by atoms with Gasteiger partial charge >= 0.3 is 0 Å². The maximum atomic E-state index is 12.9. The molecule has 0 aliphatic rings. The Kier molecular flexibility index (Phi) is 7.32. The molecule has 0 aliphatic heterocycles. The lowest BCUT2D eigenvalue weighted by atomic mass is 10.1. The van der Waals surface area contributed by atoms with Gasteiger partial charge in [-0.1, -0.05) is 11.6 Å². The van der Waals surface area contributed by atoms with E-state index in [4.69, 9.17) is 16.3 Å². The fraction of sp³-hybridized carbons (Fsp3) is 0.381. The molecule has 0 saturated heterocycles. The Morgan fingerprint density at radius 1 is 1.14 bits per heavy atom. The summed E-state index contributed by atoms with van der Waals surface area (Å²) in [5.74, 6) is 0.308. The molecule has 0 atom stereocenters. The molecule has 0 bridgehead atoms. The zero-order valence-corrected chi connectivity index (χ0v) is 18.9. The molecule has 0 spiro atoms. The van der Waals surface area contributed by atoms with Crippen LogP contribution in [0, 0.1) is 0 Å². The minimum absolute atomic E-state index is 0.0525. The highest BCUT2D eigenvalue weighted by atomic mass is 35.5. The highest BCUT2D eigenvalue weighted by molar-refractivity contribution is 7.89. The first-order valence-electron chi connectivity index (χ1n) is 9.24. The molecular weight excluding hydrogens is 412 g/mol. The first kappa shape index (κ1) is 23.2. The van der Waals surface area contributed by atoms with Crippen LogP contribution in [0.25, 0.3) is 0 Å². The van der Waals surface area contributed by atoms with E-state index in [-0.39, 0.29) is 22.9 Å². The van der Waals surface area contributed by atoms with Crippen molar-refractivity contribution in [3.8, 4) is 5.75 Å². The van der Waals surface area contributed by atoms with Gasteiger partial charge in [0.05, 0.1) is 11.5 Å². The number of carbonyl (C=O) groups is 1. The average molecular weight is 439 g/mol. The van der Waals surface area contributed by atoms with Gasteiger partial charge in [0.1, 0.15) is 5.75 Å². The summed E-state index contributed by atoms with van der Waals surface area (Å²) in [6.45, 7) is 8.01. The number of benzene rings is 2. The van der Waals surface area contributed by atoms with Crippen molar-refractivity contribution in [2.75, 3.05) is 13.7 Å². The van der Waals surface area contributed by atoms with Gasteiger partial charge in [0.25, 0.3) is 5.91 Å². The number of rotatable bonds is 7. The van der Waals surface area contributed by atoms with E-state index in [9.17, 15) is 13.2 Å². The number of ether oxygens (including phenoxy) is 1. The fourth-order valence-corrected chi connectivity index (χ4v) is 3.94. The molecule has 0 aliphatic carbocycles. The van der Waals surface area contributed by atoms with Crippen LogP contribution in [-0.4, -0.2) is 37.8 Å². The Balaban J connectivity index is 2.34. The SMILES string of the molecule is CCOc1ccc(C(=O)NC(C)(C)C)cc1CN(C)S(=O)(=O)c1ccc(Cl)cc1. The Hall–Kier alpha value is -2.09. The molecule has 0 radical (unpaired) electrons. The van der Waals surface area contributed by atoms with E-state index in [0.29, 0.717) is 28.5 Å². The standard InChI is InChI=1S/C21H27ClN2O4S/c1-6-28-19-12-7-15(20(25)23-21(2,3)4)13-16(19)14-24(5)29(26,27)18-10-8-17(22)9-11-18/h7-13H,6,14H2,1-5H3,(H,23,25). The molecule has 6 nitrogen and oxygen atoms in total. The van der Waals surface area contributed by atoms with Gasteiger partial charge in [0, 0.05) is 35.3 Å². The Bertz CT molecular complexity index is 967. The number of amides is 1. The first-order chi connectivity index (χ1) is 13.4. The smallest absolute Gasteiger partial charge is 0.251 e. The van der Waals surface area contributed by atoms with Crippen molar-refractivity contribution < 1.29 is 17.9 Å². The molecule has 2 rings (SSSR count). The number of nitrogens with zero attached hydrogens (tertiary/aromatic N) is 1.